The van der Waals surface area contributed by atoms with Crippen LogP contribution in [-0.2, 0) is 6.54 Å². The summed E-state index contributed by atoms with van der Waals surface area (Å²) in [5.41, 5.74) is 3.32. The summed E-state index contributed by atoms with van der Waals surface area (Å²) < 4.78 is 20.9. The van der Waals surface area contributed by atoms with Gasteiger partial charge in [0.2, 0.25) is 5.89 Å². The molecule has 0 bridgehead atoms. The molecular formula is C22H19ClFN5O2. The summed E-state index contributed by atoms with van der Waals surface area (Å²) in [6.45, 7) is 5.62. The number of nitrogens with zero attached hydrogens (tertiary/aromatic N) is 4. The average Bonchev–Trinajstić information content (AvgIpc) is 3.28. The zero-order chi connectivity index (χ0) is 22.1. The van der Waals surface area contributed by atoms with Gasteiger partial charge in [0.25, 0.3) is 5.91 Å². The minimum absolute atomic E-state index is 0.155. The third kappa shape index (κ3) is 4.34. The lowest BCUT2D eigenvalue weighted by Gasteiger charge is -2.07. The van der Waals surface area contributed by atoms with Crippen molar-refractivity contribution in [3.05, 3.63) is 81.7 Å². The van der Waals surface area contributed by atoms with E-state index in [1.807, 2.05) is 19.1 Å². The molecule has 1 amide bonds. The first-order chi connectivity index (χ1) is 14.8. The van der Waals surface area contributed by atoms with Crippen molar-refractivity contribution in [1.82, 2.24) is 20.0 Å². The van der Waals surface area contributed by atoms with Crippen LogP contribution in [0.4, 0.5) is 10.1 Å². The number of amides is 1. The molecule has 0 saturated heterocycles. The minimum atomic E-state index is -0.462. The third-order valence-corrected chi connectivity index (χ3v) is 5.18. The zero-order valence-electron chi connectivity index (χ0n) is 17.1. The number of nitrogens with one attached hydrogen (secondary N) is 1. The summed E-state index contributed by atoms with van der Waals surface area (Å²) in [4.78, 5) is 17.2. The molecule has 4 aromatic rings. The molecule has 0 aliphatic rings. The average molecular weight is 440 g/mol. The smallest absolute Gasteiger partial charge is 0.278 e. The number of hydrogen-bond acceptors (Lipinski definition) is 5. The van der Waals surface area contributed by atoms with E-state index in [-0.39, 0.29) is 12.2 Å². The molecule has 0 spiro atoms. The predicted octanol–water partition coefficient (Wildman–Crippen LogP) is 4.95. The normalized spacial score (nSPS) is 11.0. The Morgan fingerprint density at radius 2 is 1.90 bits per heavy atom. The predicted molar refractivity (Wildman–Crippen MR) is 115 cm³/mol. The number of carbonyl (C=O) groups excluding carboxylic acids is 1. The maximum atomic E-state index is 13.5. The lowest BCUT2D eigenvalue weighted by molar-refractivity contribution is 0.102. The van der Waals surface area contributed by atoms with E-state index in [1.165, 1.54) is 12.1 Å². The van der Waals surface area contributed by atoms with Gasteiger partial charge in [-0.2, -0.15) is 0 Å². The second-order valence-electron chi connectivity index (χ2n) is 7.12. The molecule has 0 unspecified atom stereocenters. The van der Waals surface area contributed by atoms with Crippen molar-refractivity contribution in [1.29, 1.82) is 0 Å². The Labute approximate surface area is 182 Å². The largest absolute Gasteiger partial charge is 0.441 e. The van der Waals surface area contributed by atoms with Crippen LogP contribution in [0.2, 0.25) is 5.02 Å². The van der Waals surface area contributed by atoms with Gasteiger partial charge in [0.05, 0.1) is 12.2 Å². The lowest BCUT2D eigenvalue weighted by Crippen LogP contribution is -2.15. The molecule has 9 heteroatoms. The number of rotatable bonds is 5. The van der Waals surface area contributed by atoms with E-state index < -0.39 is 11.7 Å². The van der Waals surface area contributed by atoms with Crippen molar-refractivity contribution in [2.24, 2.45) is 0 Å². The van der Waals surface area contributed by atoms with Crippen molar-refractivity contribution in [3.8, 4) is 11.5 Å². The molecule has 0 radical (unpaired) electrons. The van der Waals surface area contributed by atoms with Crippen LogP contribution in [0, 0.1) is 26.6 Å². The number of halogens is 2. The molecule has 2 heterocycles. The first kappa shape index (κ1) is 20.7. The van der Waals surface area contributed by atoms with Crippen molar-refractivity contribution >= 4 is 23.2 Å². The number of aromatic nitrogens is 4. The summed E-state index contributed by atoms with van der Waals surface area (Å²) in [5.74, 6) is 0.221. The molecule has 4 rings (SSSR count). The first-order valence-electron chi connectivity index (χ1n) is 9.51. The quantitative estimate of drug-likeness (QED) is 0.475. The number of aryl methyl sites for hydroxylation is 2. The van der Waals surface area contributed by atoms with Crippen LogP contribution in [0.5, 0.6) is 0 Å². The van der Waals surface area contributed by atoms with E-state index >= 15 is 0 Å². The Bertz CT molecular complexity index is 1260. The standard InChI is InChI=1S/C22H19ClFN5O2/c1-12-4-9-17(24)10-18(12)25-21(30)20-13(2)29(28-27-20)11-19-14(3)31-22(26-19)15-5-7-16(23)8-6-15/h4-10H,11H2,1-3H3,(H,25,30). The van der Waals surface area contributed by atoms with Gasteiger partial charge in [-0.25, -0.2) is 14.1 Å². The van der Waals surface area contributed by atoms with E-state index in [0.717, 1.165) is 11.1 Å². The Hall–Kier alpha value is -3.52. The fourth-order valence-corrected chi connectivity index (χ4v) is 3.19. The number of carbonyl (C=O) groups is 1. The van der Waals surface area contributed by atoms with Crippen molar-refractivity contribution < 1.29 is 13.6 Å². The summed E-state index contributed by atoms with van der Waals surface area (Å²) in [5, 5.41) is 11.4. The van der Waals surface area contributed by atoms with Crippen LogP contribution in [0.15, 0.2) is 46.9 Å². The van der Waals surface area contributed by atoms with Crippen molar-refractivity contribution in [3.63, 3.8) is 0 Å². The molecular weight excluding hydrogens is 421 g/mol. The van der Waals surface area contributed by atoms with Gasteiger partial charge in [0, 0.05) is 16.3 Å². The monoisotopic (exact) mass is 439 g/mol. The topological polar surface area (TPSA) is 85.8 Å². The highest BCUT2D eigenvalue weighted by Crippen LogP contribution is 2.24. The maximum Gasteiger partial charge on any atom is 0.278 e. The molecule has 0 fully saturated rings. The van der Waals surface area contributed by atoms with Crippen molar-refractivity contribution in [2.75, 3.05) is 5.32 Å². The Balaban J connectivity index is 1.54. The molecule has 2 aromatic heterocycles. The lowest BCUT2D eigenvalue weighted by atomic mass is 10.2. The van der Waals surface area contributed by atoms with Crippen LogP contribution in [0.3, 0.4) is 0 Å². The van der Waals surface area contributed by atoms with Gasteiger partial charge >= 0.3 is 0 Å². The van der Waals surface area contributed by atoms with Gasteiger partial charge in [-0.1, -0.05) is 22.9 Å². The van der Waals surface area contributed by atoms with Crippen LogP contribution < -0.4 is 5.32 Å². The number of anilines is 1. The van der Waals surface area contributed by atoms with E-state index in [9.17, 15) is 9.18 Å². The fraction of sp³-hybridized carbons (Fsp3) is 0.182. The third-order valence-electron chi connectivity index (χ3n) is 4.93. The zero-order valence-corrected chi connectivity index (χ0v) is 17.9. The molecule has 31 heavy (non-hydrogen) atoms. The van der Waals surface area contributed by atoms with Crippen molar-refractivity contribution in [2.45, 2.75) is 27.3 Å². The highest BCUT2D eigenvalue weighted by molar-refractivity contribution is 6.30. The summed E-state index contributed by atoms with van der Waals surface area (Å²) >= 11 is 5.93. The van der Waals surface area contributed by atoms with Gasteiger partial charge in [0.1, 0.15) is 17.3 Å². The van der Waals surface area contributed by atoms with Gasteiger partial charge in [-0.15, -0.1) is 5.10 Å². The van der Waals surface area contributed by atoms with Gasteiger partial charge in [0.15, 0.2) is 5.69 Å². The number of benzene rings is 2. The van der Waals surface area contributed by atoms with Crippen LogP contribution in [-0.4, -0.2) is 25.9 Å². The van der Waals surface area contributed by atoms with Crippen LogP contribution >= 0.6 is 11.6 Å². The number of hydrogen-bond donors (Lipinski definition) is 1. The second-order valence-corrected chi connectivity index (χ2v) is 7.56. The molecule has 0 aliphatic heterocycles. The first-order valence-corrected chi connectivity index (χ1v) is 9.89. The molecule has 2 aromatic carbocycles. The maximum absolute atomic E-state index is 13.5. The molecule has 0 atom stereocenters. The SMILES string of the molecule is Cc1ccc(F)cc1NC(=O)c1nnn(Cc2nc(-c3ccc(Cl)cc3)oc2C)c1C. The minimum Gasteiger partial charge on any atom is -0.441 e. The molecule has 0 saturated carbocycles. The molecule has 7 nitrogen and oxygen atoms in total. The Morgan fingerprint density at radius 1 is 1.16 bits per heavy atom. The summed E-state index contributed by atoms with van der Waals surface area (Å²) in [6.07, 6.45) is 0. The molecule has 1 N–H and O–H groups in total. The second kappa shape index (κ2) is 8.31. The van der Waals surface area contributed by atoms with Gasteiger partial charge in [-0.3, -0.25) is 4.79 Å². The van der Waals surface area contributed by atoms with Crippen LogP contribution in [0.1, 0.15) is 33.2 Å². The summed E-state index contributed by atoms with van der Waals surface area (Å²) in [7, 11) is 0. The van der Waals surface area contributed by atoms with Gasteiger partial charge < -0.3 is 9.73 Å². The Morgan fingerprint density at radius 3 is 2.65 bits per heavy atom. The fourth-order valence-electron chi connectivity index (χ4n) is 3.06. The van der Waals surface area contributed by atoms with Gasteiger partial charge in [-0.05, 0) is 62.7 Å². The van der Waals surface area contributed by atoms with Crippen LogP contribution in [0.25, 0.3) is 11.5 Å². The highest BCUT2D eigenvalue weighted by atomic mass is 35.5. The van der Waals surface area contributed by atoms with E-state index in [2.05, 4.69) is 20.6 Å². The number of oxazole rings is 1. The van der Waals surface area contributed by atoms with E-state index in [1.54, 1.807) is 36.7 Å². The van der Waals surface area contributed by atoms with E-state index in [0.29, 0.717) is 33.7 Å². The molecule has 0 aliphatic carbocycles. The van der Waals surface area contributed by atoms with E-state index in [4.69, 9.17) is 16.0 Å². The highest BCUT2D eigenvalue weighted by Gasteiger charge is 2.20. The summed E-state index contributed by atoms with van der Waals surface area (Å²) in [6, 6.07) is 11.4. The Kier molecular flexibility index (Phi) is 5.56. The molecule has 158 valence electrons.